The van der Waals surface area contributed by atoms with Crippen LogP contribution < -0.4 is 0 Å². The molecule has 1 amide bonds. The van der Waals surface area contributed by atoms with Gasteiger partial charge in [-0.05, 0) is 44.9 Å². The zero-order valence-electron chi connectivity index (χ0n) is 17.3. The third kappa shape index (κ3) is 3.40. The van der Waals surface area contributed by atoms with Crippen molar-refractivity contribution < 1.29 is 18.7 Å². The number of pyridine rings is 1. The van der Waals surface area contributed by atoms with Crippen LogP contribution in [0.3, 0.4) is 0 Å². The lowest BCUT2D eigenvalue weighted by molar-refractivity contribution is -0.0969. The van der Waals surface area contributed by atoms with Crippen LogP contribution in [0, 0.1) is 5.92 Å². The number of piperidine rings is 1. The summed E-state index contributed by atoms with van der Waals surface area (Å²) in [7, 11) is 0. The highest BCUT2D eigenvalue weighted by Crippen LogP contribution is 2.30. The summed E-state index contributed by atoms with van der Waals surface area (Å²) >= 11 is 0. The van der Waals surface area contributed by atoms with Gasteiger partial charge in [-0.1, -0.05) is 0 Å². The van der Waals surface area contributed by atoms with Gasteiger partial charge < -0.3 is 18.8 Å². The van der Waals surface area contributed by atoms with Crippen LogP contribution in [0.15, 0.2) is 35.1 Å². The maximum atomic E-state index is 13.6. The number of hydrogen-bond acceptors (Lipinski definition) is 6. The first kappa shape index (κ1) is 19.3. The van der Waals surface area contributed by atoms with Crippen LogP contribution in [0.4, 0.5) is 0 Å². The summed E-state index contributed by atoms with van der Waals surface area (Å²) in [5.41, 5.74) is 1.93. The smallest absolute Gasteiger partial charge is 0.254 e. The predicted octanol–water partition coefficient (Wildman–Crippen LogP) is 3.50. The maximum Gasteiger partial charge on any atom is 0.254 e. The van der Waals surface area contributed by atoms with E-state index in [1.54, 1.807) is 12.5 Å². The SMILES string of the molecule is CC(C)n1ncc2c(C(=O)N3CCCC(C4OCCO4)C3)cc(-c3ccco3)nc21. The van der Waals surface area contributed by atoms with E-state index >= 15 is 0 Å². The molecule has 8 nitrogen and oxygen atoms in total. The van der Waals surface area contributed by atoms with Crippen LogP contribution in [-0.4, -0.2) is 58.2 Å². The van der Waals surface area contributed by atoms with E-state index in [4.69, 9.17) is 18.9 Å². The molecule has 0 spiro atoms. The fourth-order valence-corrected chi connectivity index (χ4v) is 4.36. The fraction of sp³-hybridized carbons (Fsp3) is 0.500. The summed E-state index contributed by atoms with van der Waals surface area (Å²) in [6.07, 6.45) is 5.08. The molecule has 0 N–H and O–H groups in total. The second kappa shape index (κ2) is 7.85. The predicted molar refractivity (Wildman–Crippen MR) is 110 cm³/mol. The summed E-state index contributed by atoms with van der Waals surface area (Å²) in [5.74, 6) is 0.818. The number of nitrogens with zero attached hydrogens (tertiary/aromatic N) is 4. The van der Waals surface area contributed by atoms with Crippen molar-refractivity contribution in [2.75, 3.05) is 26.3 Å². The number of amides is 1. The Morgan fingerprint density at radius 2 is 2.10 bits per heavy atom. The van der Waals surface area contributed by atoms with E-state index in [1.807, 2.05) is 41.6 Å². The Labute approximate surface area is 174 Å². The van der Waals surface area contributed by atoms with E-state index in [-0.39, 0.29) is 24.2 Å². The summed E-state index contributed by atoms with van der Waals surface area (Å²) < 4.78 is 18.8. The van der Waals surface area contributed by atoms with Crippen molar-refractivity contribution in [1.82, 2.24) is 19.7 Å². The Morgan fingerprint density at radius 3 is 2.83 bits per heavy atom. The average Bonchev–Trinajstić information content (AvgIpc) is 3.53. The van der Waals surface area contributed by atoms with Crippen molar-refractivity contribution in [3.8, 4) is 11.5 Å². The van der Waals surface area contributed by atoms with Gasteiger partial charge in [0.25, 0.3) is 5.91 Å². The largest absolute Gasteiger partial charge is 0.463 e. The summed E-state index contributed by atoms with van der Waals surface area (Å²) in [5, 5.41) is 5.26. The van der Waals surface area contributed by atoms with E-state index in [0.29, 0.717) is 42.4 Å². The first-order valence-corrected chi connectivity index (χ1v) is 10.6. The highest BCUT2D eigenvalue weighted by Gasteiger charge is 2.34. The monoisotopic (exact) mass is 410 g/mol. The zero-order valence-corrected chi connectivity index (χ0v) is 17.3. The molecule has 30 heavy (non-hydrogen) atoms. The molecule has 3 aromatic rings. The van der Waals surface area contributed by atoms with Gasteiger partial charge in [0.05, 0.1) is 36.6 Å². The Bertz CT molecular complexity index is 1040. The van der Waals surface area contributed by atoms with E-state index in [1.165, 1.54) is 0 Å². The third-order valence-electron chi connectivity index (χ3n) is 5.84. The van der Waals surface area contributed by atoms with Gasteiger partial charge in [0.2, 0.25) is 0 Å². The Morgan fingerprint density at radius 1 is 1.27 bits per heavy atom. The molecule has 1 atom stereocenters. The minimum Gasteiger partial charge on any atom is -0.463 e. The Kier molecular flexibility index (Phi) is 5.04. The Hall–Kier alpha value is -2.71. The van der Waals surface area contributed by atoms with Gasteiger partial charge in [0.15, 0.2) is 17.7 Å². The summed E-state index contributed by atoms with van der Waals surface area (Å²) in [4.78, 5) is 20.3. The highest BCUT2D eigenvalue weighted by molar-refractivity contribution is 6.06. The summed E-state index contributed by atoms with van der Waals surface area (Å²) in [6, 6.07) is 5.62. The van der Waals surface area contributed by atoms with Crippen LogP contribution in [0.1, 0.15) is 43.1 Å². The number of likely N-dealkylation sites (tertiary alicyclic amines) is 1. The van der Waals surface area contributed by atoms with Gasteiger partial charge in [-0.15, -0.1) is 0 Å². The van der Waals surface area contributed by atoms with Crippen LogP contribution in [0.25, 0.3) is 22.5 Å². The highest BCUT2D eigenvalue weighted by atomic mass is 16.7. The van der Waals surface area contributed by atoms with Gasteiger partial charge in [0, 0.05) is 25.0 Å². The molecular formula is C22H26N4O4. The van der Waals surface area contributed by atoms with Gasteiger partial charge in [-0.2, -0.15) is 5.10 Å². The molecule has 0 saturated carbocycles. The van der Waals surface area contributed by atoms with Crippen molar-refractivity contribution in [1.29, 1.82) is 0 Å². The normalized spacial score (nSPS) is 20.5. The van der Waals surface area contributed by atoms with Crippen molar-refractivity contribution in [3.63, 3.8) is 0 Å². The van der Waals surface area contributed by atoms with Gasteiger partial charge in [-0.3, -0.25) is 4.79 Å². The molecule has 2 saturated heterocycles. The van der Waals surface area contributed by atoms with Crippen LogP contribution in [-0.2, 0) is 9.47 Å². The molecule has 0 aliphatic carbocycles. The quantitative estimate of drug-likeness (QED) is 0.655. The minimum atomic E-state index is -0.208. The lowest BCUT2D eigenvalue weighted by Gasteiger charge is -2.34. The lowest BCUT2D eigenvalue weighted by atomic mass is 9.96. The average molecular weight is 410 g/mol. The number of fused-ring (bicyclic) bond motifs is 1. The van der Waals surface area contributed by atoms with E-state index in [9.17, 15) is 4.79 Å². The van der Waals surface area contributed by atoms with Crippen molar-refractivity contribution in [3.05, 3.63) is 36.2 Å². The lowest BCUT2D eigenvalue weighted by Crippen LogP contribution is -2.43. The number of carbonyl (C=O) groups excluding carboxylic acids is 1. The fourth-order valence-electron chi connectivity index (χ4n) is 4.36. The number of ether oxygens (including phenoxy) is 2. The Balaban J connectivity index is 1.53. The zero-order chi connectivity index (χ0) is 20.7. The maximum absolute atomic E-state index is 13.6. The van der Waals surface area contributed by atoms with Gasteiger partial charge >= 0.3 is 0 Å². The van der Waals surface area contributed by atoms with Crippen LogP contribution in [0.5, 0.6) is 0 Å². The number of furan rings is 1. The van der Waals surface area contributed by atoms with Crippen LogP contribution >= 0.6 is 0 Å². The number of rotatable bonds is 4. The number of hydrogen-bond donors (Lipinski definition) is 0. The molecule has 0 radical (unpaired) electrons. The molecule has 2 aliphatic heterocycles. The second-order valence-corrected chi connectivity index (χ2v) is 8.22. The first-order valence-electron chi connectivity index (χ1n) is 10.6. The van der Waals surface area contributed by atoms with E-state index < -0.39 is 0 Å². The summed E-state index contributed by atoms with van der Waals surface area (Å²) in [6.45, 7) is 6.70. The minimum absolute atomic E-state index is 0.0128. The number of aromatic nitrogens is 3. The third-order valence-corrected chi connectivity index (χ3v) is 5.84. The van der Waals surface area contributed by atoms with Gasteiger partial charge in [0.1, 0.15) is 5.69 Å². The van der Waals surface area contributed by atoms with Crippen LogP contribution in [0.2, 0.25) is 0 Å². The molecule has 2 fully saturated rings. The first-order chi connectivity index (χ1) is 14.6. The molecule has 5 heterocycles. The molecular weight excluding hydrogens is 384 g/mol. The molecule has 0 aromatic carbocycles. The molecule has 2 aliphatic rings. The molecule has 1 unspecified atom stereocenters. The molecule has 158 valence electrons. The molecule has 0 bridgehead atoms. The van der Waals surface area contributed by atoms with Gasteiger partial charge in [-0.25, -0.2) is 9.67 Å². The van der Waals surface area contributed by atoms with Crippen molar-refractivity contribution in [2.45, 2.75) is 39.0 Å². The topological polar surface area (TPSA) is 82.6 Å². The molecule has 8 heteroatoms. The standard InChI is InChI=1S/C22H26N4O4/c1-14(2)26-20-17(12-23-26)16(11-18(24-20)19-6-4-8-28-19)21(27)25-7-3-5-15(13-25)22-29-9-10-30-22/h4,6,8,11-12,14-15,22H,3,5,7,9-10,13H2,1-2H3. The number of carbonyl (C=O) groups is 1. The van der Waals surface area contributed by atoms with E-state index in [0.717, 1.165) is 24.8 Å². The molecule has 3 aromatic heterocycles. The van der Waals surface area contributed by atoms with Crippen molar-refractivity contribution in [2.24, 2.45) is 5.92 Å². The molecule has 5 rings (SSSR count). The van der Waals surface area contributed by atoms with E-state index in [2.05, 4.69) is 5.10 Å². The second-order valence-electron chi connectivity index (χ2n) is 8.22. The van der Waals surface area contributed by atoms with Crippen molar-refractivity contribution >= 4 is 16.9 Å².